The van der Waals surface area contributed by atoms with Crippen molar-refractivity contribution in [2.45, 2.75) is 0 Å². The fraction of sp³-hybridized carbons (Fsp3) is 0. The van der Waals surface area contributed by atoms with Gasteiger partial charge in [0.1, 0.15) is 0 Å². The summed E-state index contributed by atoms with van der Waals surface area (Å²) in [4.78, 5) is 8.60. The molecule has 0 amide bonds. The molecule has 0 aliphatic rings. The van der Waals surface area contributed by atoms with E-state index < -0.39 is 17.8 Å². The van der Waals surface area contributed by atoms with Gasteiger partial charge in [-0.3, -0.25) is 0 Å². The summed E-state index contributed by atoms with van der Waals surface area (Å²) < 4.78 is 11.7. The molecule has 0 fully saturated rings. The summed E-state index contributed by atoms with van der Waals surface area (Å²) in [6, 6.07) is 19.7. The molecule has 0 spiro atoms. The Morgan fingerprint density at radius 1 is 0.652 bits per heavy atom. The Labute approximate surface area is 141 Å². The summed E-state index contributed by atoms with van der Waals surface area (Å²) in [6.07, 6.45) is 3.58. The van der Waals surface area contributed by atoms with Crippen LogP contribution in [-0.4, -0.2) is 9.97 Å². The fourth-order valence-electron chi connectivity index (χ4n) is 2.45. The molecule has 0 radical (unpaired) electrons. The van der Waals surface area contributed by atoms with E-state index in [1.165, 1.54) is 0 Å². The van der Waals surface area contributed by atoms with Crippen molar-refractivity contribution < 1.29 is 25.0 Å². The van der Waals surface area contributed by atoms with Gasteiger partial charge in [-0.2, -0.15) is 0 Å². The average Bonchev–Trinajstić information content (AvgIpc) is 2.61. The molecule has 0 N–H and O–H groups in total. The predicted octanol–water partition coefficient (Wildman–Crippen LogP) is 4.15. The van der Waals surface area contributed by atoms with Gasteiger partial charge in [-0.1, -0.05) is 0 Å². The quantitative estimate of drug-likeness (QED) is 0.517. The second-order valence-electron chi connectivity index (χ2n) is 5.12. The Bertz CT molecular complexity index is 896. The first-order valence-corrected chi connectivity index (χ1v) is 9.76. The maximum absolute atomic E-state index is 5.85. The van der Waals surface area contributed by atoms with E-state index in [1.54, 1.807) is 12.4 Å². The number of nitrogens with zero attached hydrogens (tertiary/aromatic N) is 2. The van der Waals surface area contributed by atoms with Gasteiger partial charge in [0.25, 0.3) is 0 Å². The molecule has 0 atom stereocenters. The molecule has 4 rings (SSSR count). The van der Waals surface area contributed by atoms with Gasteiger partial charge >= 0.3 is 141 Å². The van der Waals surface area contributed by atoms with Gasteiger partial charge in [0.15, 0.2) is 0 Å². The minimum absolute atomic E-state index is 0.841. The first-order valence-electron chi connectivity index (χ1n) is 7.34. The van der Waals surface area contributed by atoms with Gasteiger partial charge in [-0.05, 0) is 0 Å². The van der Waals surface area contributed by atoms with Gasteiger partial charge in [-0.15, -0.1) is 0 Å². The van der Waals surface area contributed by atoms with E-state index in [1.807, 2.05) is 60.7 Å². The van der Waals surface area contributed by atoms with Crippen molar-refractivity contribution in [3.63, 3.8) is 0 Å². The average molecular weight is 354 g/mol. The normalized spacial score (nSPS) is 10.4. The molecule has 0 aliphatic heterocycles. The molecular formula is C18H12N2O2Zn. The van der Waals surface area contributed by atoms with Crippen LogP contribution in [0.25, 0.3) is 21.8 Å². The molecule has 2 aromatic carbocycles. The summed E-state index contributed by atoms with van der Waals surface area (Å²) >= 11 is -1.62. The van der Waals surface area contributed by atoms with Crippen molar-refractivity contribution >= 4 is 21.8 Å². The van der Waals surface area contributed by atoms with Crippen LogP contribution in [0.5, 0.6) is 11.5 Å². The Morgan fingerprint density at radius 3 is 1.70 bits per heavy atom. The van der Waals surface area contributed by atoms with Crippen LogP contribution in [0.1, 0.15) is 0 Å². The second-order valence-corrected chi connectivity index (χ2v) is 6.83. The monoisotopic (exact) mass is 352 g/mol. The topological polar surface area (TPSA) is 44.2 Å². The van der Waals surface area contributed by atoms with E-state index in [2.05, 4.69) is 9.97 Å². The van der Waals surface area contributed by atoms with Crippen molar-refractivity contribution in [3.8, 4) is 11.5 Å². The number of rotatable bonds is 4. The summed E-state index contributed by atoms with van der Waals surface area (Å²) in [6.45, 7) is 0. The van der Waals surface area contributed by atoms with E-state index in [4.69, 9.17) is 7.13 Å². The second kappa shape index (κ2) is 6.31. The Balaban J connectivity index is 1.45. The van der Waals surface area contributed by atoms with Crippen molar-refractivity contribution in [1.29, 1.82) is 0 Å². The van der Waals surface area contributed by atoms with Crippen LogP contribution in [-0.2, 0) is 17.8 Å². The first-order chi connectivity index (χ1) is 11.4. The number of benzene rings is 2. The van der Waals surface area contributed by atoms with Crippen LogP contribution >= 0.6 is 0 Å². The van der Waals surface area contributed by atoms with Gasteiger partial charge in [0, 0.05) is 0 Å². The molecule has 108 valence electrons. The molecule has 0 bridgehead atoms. The number of hydrogen-bond donors (Lipinski definition) is 0. The standard InChI is InChI=1S/2C9H7NO.Zn/c2*11-8-3-4-9-7(6-8)2-1-5-10-9;/h2*1-6,11H;/q;;+2/p-2. The molecule has 4 nitrogen and oxygen atoms in total. The van der Waals surface area contributed by atoms with Crippen LogP contribution in [0, 0.1) is 0 Å². The third-order valence-corrected chi connectivity index (χ3v) is 5.49. The van der Waals surface area contributed by atoms with E-state index >= 15 is 0 Å². The summed E-state index contributed by atoms with van der Waals surface area (Å²) in [5.74, 6) is 1.68. The molecule has 0 saturated carbocycles. The van der Waals surface area contributed by atoms with Crippen LogP contribution in [0.15, 0.2) is 73.1 Å². The van der Waals surface area contributed by atoms with E-state index in [9.17, 15) is 0 Å². The van der Waals surface area contributed by atoms with E-state index in [0.29, 0.717) is 0 Å². The molecule has 23 heavy (non-hydrogen) atoms. The summed E-state index contributed by atoms with van der Waals surface area (Å²) in [7, 11) is 0. The van der Waals surface area contributed by atoms with Gasteiger partial charge in [-0.25, -0.2) is 0 Å². The van der Waals surface area contributed by atoms with Crippen molar-refractivity contribution in [3.05, 3.63) is 73.1 Å². The van der Waals surface area contributed by atoms with Crippen molar-refractivity contribution in [1.82, 2.24) is 9.97 Å². The van der Waals surface area contributed by atoms with Gasteiger partial charge < -0.3 is 0 Å². The molecule has 0 saturated heterocycles. The maximum atomic E-state index is 5.85. The number of aromatic nitrogens is 2. The fourth-order valence-corrected chi connectivity index (χ4v) is 3.90. The van der Waals surface area contributed by atoms with Crippen LogP contribution in [0.4, 0.5) is 0 Å². The minimum atomic E-state index is -1.62. The zero-order chi connectivity index (χ0) is 15.5. The van der Waals surface area contributed by atoms with Crippen LogP contribution in [0.3, 0.4) is 0 Å². The first kappa shape index (κ1) is 14.1. The van der Waals surface area contributed by atoms with E-state index in [-0.39, 0.29) is 0 Å². The molecule has 2 heterocycles. The van der Waals surface area contributed by atoms with Crippen molar-refractivity contribution in [2.75, 3.05) is 0 Å². The SMILES string of the molecule is c1cnc2ccc([O][Zn][O]c3ccc4ncccc4c3)cc2c1. The molecule has 0 aliphatic carbocycles. The molecule has 4 aromatic rings. The number of pyridine rings is 2. The molecule has 0 unspecified atom stereocenters. The number of hydrogen-bond acceptors (Lipinski definition) is 4. The number of fused-ring (bicyclic) bond motifs is 2. The molecule has 5 heteroatoms. The Kier molecular flexibility index (Phi) is 3.87. The van der Waals surface area contributed by atoms with Crippen molar-refractivity contribution in [2.24, 2.45) is 0 Å². The molecule has 2 aromatic heterocycles. The predicted molar refractivity (Wildman–Crippen MR) is 84.7 cm³/mol. The van der Waals surface area contributed by atoms with Gasteiger partial charge in [0.05, 0.1) is 0 Å². The zero-order valence-electron chi connectivity index (χ0n) is 12.3. The van der Waals surface area contributed by atoms with E-state index in [0.717, 1.165) is 33.3 Å². The summed E-state index contributed by atoms with van der Waals surface area (Å²) in [5.41, 5.74) is 1.94. The summed E-state index contributed by atoms with van der Waals surface area (Å²) in [5, 5.41) is 2.15. The third kappa shape index (κ3) is 3.15. The van der Waals surface area contributed by atoms with Crippen LogP contribution < -0.4 is 7.13 Å². The van der Waals surface area contributed by atoms with Gasteiger partial charge in [0.2, 0.25) is 0 Å². The Morgan fingerprint density at radius 2 is 1.17 bits per heavy atom. The Hall–Kier alpha value is -2.52. The molecular weight excluding hydrogens is 342 g/mol. The van der Waals surface area contributed by atoms with Crippen LogP contribution in [0.2, 0.25) is 0 Å². The third-order valence-electron chi connectivity index (χ3n) is 3.60. The zero-order valence-corrected chi connectivity index (χ0v) is 15.3.